The highest BCUT2D eigenvalue weighted by Gasteiger charge is 2.20. The molecule has 5 heteroatoms. The third-order valence-electron chi connectivity index (χ3n) is 3.63. The summed E-state index contributed by atoms with van der Waals surface area (Å²) < 4.78 is 5.51. The zero-order valence-electron chi connectivity index (χ0n) is 15.0. The van der Waals surface area contributed by atoms with E-state index in [9.17, 15) is 4.79 Å². The van der Waals surface area contributed by atoms with Gasteiger partial charge >= 0.3 is 0 Å². The lowest BCUT2D eigenvalue weighted by Crippen LogP contribution is -2.35. The van der Waals surface area contributed by atoms with Gasteiger partial charge in [-0.05, 0) is 74.0 Å². The Morgan fingerprint density at radius 3 is 1.82 bits per heavy atom. The van der Waals surface area contributed by atoms with Gasteiger partial charge in [0.15, 0.2) is 0 Å². The quantitative estimate of drug-likeness (QED) is 0.701. The molecule has 0 saturated carbocycles. The van der Waals surface area contributed by atoms with Crippen molar-refractivity contribution in [2.24, 2.45) is 0 Å². The number of nitrogens with zero attached hydrogens (tertiary/aromatic N) is 3. The molecule has 0 radical (unpaired) electrons. The van der Waals surface area contributed by atoms with Crippen molar-refractivity contribution >= 4 is 5.91 Å². The smallest absolute Gasteiger partial charge is 0.257 e. The molecule has 22 heavy (non-hydrogen) atoms. The van der Waals surface area contributed by atoms with Crippen molar-refractivity contribution in [3.05, 3.63) is 23.2 Å². The molecule has 0 atom stereocenters. The van der Waals surface area contributed by atoms with Crippen molar-refractivity contribution < 1.29 is 9.21 Å². The first-order valence-electron chi connectivity index (χ1n) is 7.97. The van der Waals surface area contributed by atoms with Crippen LogP contribution in [0.25, 0.3) is 0 Å². The minimum absolute atomic E-state index is 0.0897. The van der Waals surface area contributed by atoms with E-state index in [4.69, 9.17) is 4.42 Å². The minimum atomic E-state index is 0.0897. The van der Waals surface area contributed by atoms with Gasteiger partial charge in [0.05, 0.1) is 5.56 Å². The summed E-state index contributed by atoms with van der Waals surface area (Å²) in [4.78, 5) is 19.0. The molecule has 5 nitrogen and oxygen atoms in total. The van der Waals surface area contributed by atoms with E-state index in [-0.39, 0.29) is 5.91 Å². The molecule has 0 aliphatic heterocycles. The molecule has 0 aliphatic carbocycles. The van der Waals surface area contributed by atoms with Gasteiger partial charge in [0, 0.05) is 13.1 Å². The molecule has 0 bridgehead atoms. The molecule has 126 valence electrons. The van der Waals surface area contributed by atoms with Gasteiger partial charge in [-0.3, -0.25) is 4.79 Å². The molecule has 0 N–H and O–H groups in total. The summed E-state index contributed by atoms with van der Waals surface area (Å²) in [7, 11) is 8.23. The van der Waals surface area contributed by atoms with E-state index in [0.717, 1.165) is 44.8 Å². The fourth-order valence-electron chi connectivity index (χ4n) is 2.48. The first kappa shape index (κ1) is 18.7. The van der Waals surface area contributed by atoms with Crippen LogP contribution in [0.1, 0.15) is 34.7 Å². The van der Waals surface area contributed by atoms with Gasteiger partial charge in [-0.25, -0.2) is 0 Å². The van der Waals surface area contributed by atoms with E-state index < -0.39 is 0 Å². The molecular formula is C17H31N3O2. The summed E-state index contributed by atoms with van der Waals surface area (Å²) in [5, 5.41) is 0. The summed E-state index contributed by atoms with van der Waals surface area (Å²) >= 11 is 0. The van der Waals surface area contributed by atoms with Gasteiger partial charge < -0.3 is 19.1 Å². The van der Waals surface area contributed by atoms with Crippen LogP contribution in [0.15, 0.2) is 10.5 Å². The third-order valence-corrected chi connectivity index (χ3v) is 3.63. The number of carbonyl (C=O) groups excluding carboxylic acids is 1. The Morgan fingerprint density at radius 2 is 1.45 bits per heavy atom. The summed E-state index contributed by atoms with van der Waals surface area (Å²) in [6.45, 7) is 7.29. The standard InChI is InChI=1S/C17H31N3O2/c1-14-13-16(15(2)22-14)17(21)20(11-7-9-18(3)4)12-8-10-19(5)6/h13H,7-12H2,1-6H3. The molecule has 1 aromatic heterocycles. The third kappa shape index (κ3) is 6.20. The largest absolute Gasteiger partial charge is 0.466 e. The number of furan rings is 1. The molecule has 0 aromatic carbocycles. The van der Waals surface area contributed by atoms with Crippen LogP contribution in [0.3, 0.4) is 0 Å². The van der Waals surface area contributed by atoms with Crippen LogP contribution in [0.4, 0.5) is 0 Å². The highest BCUT2D eigenvalue weighted by molar-refractivity contribution is 5.95. The zero-order valence-corrected chi connectivity index (χ0v) is 15.0. The Kier molecular flexibility index (Phi) is 7.62. The van der Waals surface area contributed by atoms with E-state index in [2.05, 4.69) is 38.0 Å². The minimum Gasteiger partial charge on any atom is -0.466 e. The number of hydrogen-bond donors (Lipinski definition) is 0. The van der Waals surface area contributed by atoms with Gasteiger partial charge in [0.1, 0.15) is 11.5 Å². The Hall–Kier alpha value is -1.33. The van der Waals surface area contributed by atoms with Crippen molar-refractivity contribution in [3.63, 3.8) is 0 Å². The predicted molar refractivity (Wildman–Crippen MR) is 90.4 cm³/mol. The molecule has 1 aromatic rings. The maximum atomic E-state index is 12.8. The molecule has 1 heterocycles. The summed E-state index contributed by atoms with van der Waals surface area (Å²) in [6.07, 6.45) is 1.97. The normalized spacial score (nSPS) is 11.5. The molecule has 0 fully saturated rings. The fraction of sp³-hybridized carbons (Fsp3) is 0.706. The lowest BCUT2D eigenvalue weighted by atomic mass is 10.2. The zero-order chi connectivity index (χ0) is 16.7. The average Bonchev–Trinajstić information content (AvgIpc) is 2.74. The molecule has 1 amide bonds. The lowest BCUT2D eigenvalue weighted by Gasteiger charge is -2.24. The molecule has 0 aliphatic rings. The Balaban J connectivity index is 2.69. The highest BCUT2D eigenvalue weighted by atomic mass is 16.3. The molecular weight excluding hydrogens is 278 g/mol. The van der Waals surface area contributed by atoms with Crippen molar-refractivity contribution in [1.29, 1.82) is 0 Å². The SMILES string of the molecule is Cc1cc(C(=O)N(CCCN(C)C)CCCN(C)C)c(C)o1. The number of carbonyl (C=O) groups is 1. The van der Waals surface area contributed by atoms with Crippen LogP contribution < -0.4 is 0 Å². The van der Waals surface area contributed by atoms with Crippen LogP contribution in [-0.4, -0.2) is 75.0 Å². The number of amides is 1. The van der Waals surface area contributed by atoms with E-state index in [1.54, 1.807) is 0 Å². The summed E-state index contributed by atoms with van der Waals surface area (Å²) in [5.74, 6) is 1.60. The lowest BCUT2D eigenvalue weighted by molar-refractivity contribution is 0.0743. The highest BCUT2D eigenvalue weighted by Crippen LogP contribution is 2.16. The molecule has 0 saturated heterocycles. The van der Waals surface area contributed by atoms with E-state index in [1.165, 1.54) is 0 Å². The molecule has 1 rings (SSSR count). The second-order valence-electron chi connectivity index (χ2n) is 6.43. The Morgan fingerprint density at radius 1 is 0.955 bits per heavy atom. The summed E-state index contributed by atoms with van der Waals surface area (Å²) in [6, 6.07) is 1.85. The Labute approximate surface area is 134 Å². The number of hydrogen-bond acceptors (Lipinski definition) is 4. The topological polar surface area (TPSA) is 39.9 Å². The maximum Gasteiger partial charge on any atom is 0.257 e. The number of rotatable bonds is 9. The van der Waals surface area contributed by atoms with Gasteiger partial charge in [-0.15, -0.1) is 0 Å². The molecule has 0 spiro atoms. The Bertz CT molecular complexity index is 452. The van der Waals surface area contributed by atoms with Crippen LogP contribution in [0.5, 0.6) is 0 Å². The van der Waals surface area contributed by atoms with Gasteiger partial charge in [-0.2, -0.15) is 0 Å². The van der Waals surface area contributed by atoms with E-state index in [0.29, 0.717) is 11.3 Å². The monoisotopic (exact) mass is 309 g/mol. The van der Waals surface area contributed by atoms with Crippen molar-refractivity contribution in [2.75, 3.05) is 54.4 Å². The van der Waals surface area contributed by atoms with Gasteiger partial charge in [0.25, 0.3) is 5.91 Å². The average molecular weight is 309 g/mol. The number of aryl methyl sites for hydroxylation is 2. The van der Waals surface area contributed by atoms with Crippen molar-refractivity contribution in [3.8, 4) is 0 Å². The second-order valence-corrected chi connectivity index (χ2v) is 6.43. The van der Waals surface area contributed by atoms with Crippen LogP contribution in [-0.2, 0) is 0 Å². The van der Waals surface area contributed by atoms with Gasteiger partial charge in [0.2, 0.25) is 0 Å². The van der Waals surface area contributed by atoms with Crippen LogP contribution in [0, 0.1) is 13.8 Å². The van der Waals surface area contributed by atoms with Crippen molar-refractivity contribution in [1.82, 2.24) is 14.7 Å². The first-order valence-corrected chi connectivity index (χ1v) is 7.97. The second kappa shape index (κ2) is 8.96. The van der Waals surface area contributed by atoms with Crippen molar-refractivity contribution in [2.45, 2.75) is 26.7 Å². The summed E-state index contributed by atoms with van der Waals surface area (Å²) in [5.41, 5.74) is 0.701. The van der Waals surface area contributed by atoms with Crippen LogP contribution in [0.2, 0.25) is 0 Å². The van der Waals surface area contributed by atoms with Crippen LogP contribution >= 0.6 is 0 Å². The molecule has 0 unspecified atom stereocenters. The fourth-order valence-corrected chi connectivity index (χ4v) is 2.48. The predicted octanol–water partition coefficient (Wildman–Crippen LogP) is 2.24. The van der Waals surface area contributed by atoms with E-state index >= 15 is 0 Å². The van der Waals surface area contributed by atoms with Gasteiger partial charge in [-0.1, -0.05) is 0 Å². The first-order chi connectivity index (χ1) is 10.3. The maximum absolute atomic E-state index is 12.8. The van der Waals surface area contributed by atoms with E-state index in [1.807, 2.05) is 24.8 Å².